The van der Waals surface area contributed by atoms with Gasteiger partial charge in [0.15, 0.2) is 0 Å². The van der Waals surface area contributed by atoms with Crippen molar-refractivity contribution in [3.8, 4) is 0 Å². The molecule has 0 aromatic heterocycles. The summed E-state index contributed by atoms with van der Waals surface area (Å²) in [6.45, 7) is 6.03. The Labute approximate surface area is 96.5 Å². The Morgan fingerprint density at radius 1 is 0.733 bits per heavy atom. The van der Waals surface area contributed by atoms with Crippen molar-refractivity contribution in [2.45, 2.75) is 64.7 Å². The first-order valence-corrected chi connectivity index (χ1v) is 6.51. The largest absolute Gasteiger partial charge is 0.0885 e. The van der Waals surface area contributed by atoms with Crippen molar-refractivity contribution in [3.05, 3.63) is 31.2 Å². The highest BCUT2D eigenvalue weighted by atomic mass is 13.9. The fraction of sp³-hybridized carbons (Fsp3) is 0.667. The van der Waals surface area contributed by atoms with Crippen molar-refractivity contribution in [1.29, 1.82) is 0 Å². The van der Waals surface area contributed by atoms with Gasteiger partial charge in [0.1, 0.15) is 0 Å². The Morgan fingerprint density at radius 2 is 1.27 bits per heavy atom. The Hall–Kier alpha value is -0.520. The number of rotatable bonds is 10. The van der Waals surface area contributed by atoms with Crippen molar-refractivity contribution in [2.24, 2.45) is 0 Å². The van der Waals surface area contributed by atoms with Crippen LogP contribution in [0.3, 0.4) is 0 Å². The zero-order valence-corrected chi connectivity index (χ0v) is 10.4. The Kier molecular flexibility index (Phi) is 13.0. The topological polar surface area (TPSA) is 0 Å². The van der Waals surface area contributed by atoms with E-state index in [0.29, 0.717) is 0 Å². The van der Waals surface area contributed by atoms with Crippen LogP contribution >= 0.6 is 0 Å². The molecule has 0 saturated heterocycles. The molecule has 0 amide bonds. The van der Waals surface area contributed by atoms with E-state index in [1.807, 2.05) is 0 Å². The van der Waals surface area contributed by atoms with Gasteiger partial charge < -0.3 is 0 Å². The summed E-state index contributed by atoms with van der Waals surface area (Å²) < 4.78 is 0. The molecule has 0 aliphatic carbocycles. The minimum Gasteiger partial charge on any atom is -0.0885 e. The third kappa shape index (κ3) is 13.5. The second-order valence-corrected chi connectivity index (χ2v) is 4.01. The Bertz CT molecular complexity index is 135. The number of allylic oxidation sites excluding steroid dienone is 4. The van der Waals surface area contributed by atoms with Gasteiger partial charge in [-0.2, -0.15) is 0 Å². The van der Waals surface area contributed by atoms with Crippen LogP contribution in [-0.4, -0.2) is 0 Å². The second-order valence-electron chi connectivity index (χ2n) is 4.01. The van der Waals surface area contributed by atoms with Gasteiger partial charge in [-0.05, 0) is 44.9 Å². The smallest absolute Gasteiger partial charge is 0.0351 e. The van der Waals surface area contributed by atoms with E-state index in [1.165, 1.54) is 44.9 Å². The molecule has 0 bridgehead atoms. The summed E-state index contributed by atoms with van der Waals surface area (Å²) in [5.41, 5.74) is 0. The molecular weight excluding hydrogens is 180 g/mol. The molecule has 0 heteroatoms. The predicted molar refractivity (Wildman–Crippen MR) is 70.9 cm³/mol. The van der Waals surface area contributed by atoms with Crippen LogP contribution < -0.4 is 0 Å². The molecule has 0 unspecified atom stereocenters. The van der Waals surface area contributed by atoms with Gasteiger partial charge in [0.2, 0.25) is 0 Å². The number of hydrogen-bond donors (Lipinski definition) is 0. The van der Waals surface area contributed by atoms with Gasteiger partial charge in [-0.25, -0.2) is 0 Å². The molecule has 0 aromatic carbocycles. The minimum atomic E-state index is 1.03. The van der Waals surface area contributed by atoms with E-state index in [9.17, 15) is 0 Å². The van der Waals surface area contributed by atoms with Crippen LogP contribution in [0.4, 0.5) is 0 Å². The van der Waals surface area contributed by atoms with E-state index >= 15 is 0 Å². The van der Waals surface area contributed by atoms with Gasteiger partial charge >= 0.3 is 0 Å². The lowest BCUT2D eigenvalue weighted by Gasteiger charge is -1.95. The molecule has 0 spiro atoms. The standard InChI is InChI=1S/C15H27/c1-3-5-7-9-11-13-15-14-12-10-8-6-4-2/h7-10H,1,3-6,11-15H2,2H3. The molecule has 1 radical (unpaired) electrons. The van der Waals surface area contributed by atoms with Gasteiger partial charge in [-0.3, -0.25) is 0 Å². The first-order valence-electron chi connectivity index (χ1n) is 6.51. The average molecular weight is 207 g/mol. The zero-order chi connectivity index (χ0) is 11.2. The van der Waals surface area contributed by atoms with Crippen molar-refractivity contribution in [2.75, 3.05) is 0 Å². The first kappa shape index (κ1) is 14.5. The third-order valence-corrected chi connectivity index (χ3v) is 2.40. The SMILES string of the molecule is [CH2]CCC=CCCCCCC=CCCC. The van der Waals surface area contributed by atoms with E-state index in [0.717, 1.165) is 12.8 Å². The normalized spacial score (nSPS) is 11.9. The fourth-order valence-electron chi connectivity index (χ4n) is 1.46. The maximum atomic E-state index is 3.81. The molecule has 15 heavy (non-hydrogen) atoms. The summed E-state index contributed by atoms with van der Waals surface area (Å²) in [6, 6.07) is 0. The summed E-state index contributed by atoms with van der Waals surface area (Å²) in [6.07, 6.45) is 20.5. The third-order valence-electron chi connectivity index (χ3n) is 2.40. The monoisotopic (exact) mass is 207 g/mol. The molecule has 0 heterocycles. The van der Waals surface area contributed by atoms with Gasteiger partial charge in [0, 0.05) is 0 Å². The predicted octanol–water partition coefficient (Wildman–Crippen LogP) is 5.46. The van der Waals surface area contributed by atoms with Crippen molar-refractivity contribution >= 4 is 0 Å². The molecule has 0 aromatic rings. The highest BCUT2D eigenvalue weighted by Gasteiger charge is 1.85. The first-order chi connectivity index (χ1) is 7.41. The van der Waals surface area contributed by atoms with Crippen LogP contribution in [0, 0.1) is 6.92 Å². The van der Waals surface area contributed by atoms with Crippen molar-refractivity contribution in [1.82, 2.24) is 0 Å². The molecule has 87 valence electrons. The molecule has 0 saturated carbocycles. The van der Waals surface area contributed by atoms with E-state index in [-0.39, 0.29) is 0 Å². The number of hydrogen-bond acceptors (Lipinski definition) is 0. The molecule has 0 fully saturated rings. The summed E-state index contributed by atoms with van der Waals surface area (Å²) in [7, 11) is 0. The zero-order valence-electron chi connectivity index (χ0n) is 10.4. The van der Waals surface area contributed by atoms with Crippen LogP contribution in [0.15, 0.2) is 24.3 Å². The van der Waals surface area contributed by atoms with Crippen LogP contribution in [-0.2, 0) is 0 Å². The van der Waals surface area contributed by atoms with Gasteiger partial charge in [-0.1, -0.05) is 51.0 Å². The van der Waals surface area contributed by atoms with Gasteiger partial charge in [0.25, 0.3) is 0 Å². The van der Waals surface area contributed by atoms with E-state index in [2.05, 4.69) is 38.2 Å². The molecule has 0 aliphatic heterocycles. The van der Waals surface area contributed by atoms with E-state index < -0.39 is 0 Å². The fourth-order valence-corrected chi connectivity index (χ4v) is 1.46. The molecule has 0 atom stereocenters. The quantitative estimate of drug-likeness (QED) is 0.329. The Morgan fingerprint density at radius 3 is 1.80 bits per heavy atom. The number of unbranched alkanes of at least 4 members (excludes halogenated alkanes) is 6. The summed E-state index contributed by atoms with van der Waals surface area (Å²) in [5.74, 6) is 0. The summed E-state index contributed by atoms with van der Waals surface area (Å²) in [5, 5.41) is 0. The van der Waals surface area contributed by atoms with Crippen LogP contribution in [0.2, 0.25) is 0 Å². The molecular formula is C15H27. The average Bonchev–Trinajstić information content (AvgIpc) is 2.26. The molecule has 0 aliphatic rings. The van der Waals surface area contributed by atoms with Crippen LogP contribution in [0.5, 0.6) is 0 Å². The Balaban J connectivity index is 3.04. The maximum Gasteiger partial charge on any atom is -0.0351 e. The van der Waals surface area contributed by atoms with Crippen molar-refractivity contribution < 1.29 is 0 Å². The lowest BCUT2D eigenvalue weighted by atomic mass is 10.1. The van der Waals surface area contributed by atoms with E-state index in [4.69, 9.17) is 0 Å². The van der Waals surface area contributed by atoms with E-state index in [1.54, 1.807) is 0 Å². The summed E-state index contributed by atoms with van der Waals surface area (Å²) >= 11 is 0. The second kappa shape index (κ2) is 13.5. The summed E-state index contributed by atoms with van der Waals surface area (Å²) in [4.78, 5) is 0. The molecule has 0 N–H and O–H groups in total. The van der Waals surface area contributed by atoms with Crippen LogP contribution in [0.1, 0.15) is 64.7 Å². The van der Waals surface area contributed by atoms with Crippen molar-refractivity contribution in [3.63, 3.8) is 0 Å². The van der Waals surface area contributed by atoms with Gasteiger partial charge in [0.05, 0.1) is 0 Å². The maximum absolute atomic E-state index is 3.81. The minimum absolute atomic E-state index is 1.03. The lowest BCUT2D eigenvalue weighted by Crippen LogP contribution is -1.75. The molecule has 0 rings (SSSR count). The van der Waals surface area contributed by atoms with Crippen LogP contribution in [0.25, 0.3) is 0 Å². The highest BCUT2D eigenvalue weighted by molar-refractivity contribution is 4.82. The van der Waals surface area contributed by atoms with Gasteiger partial charge in [-0.15, -0.1) is 0 Å². The lowest BCUT2D eigenvalue weighted by molar-refractivity contribution is 0.694. The highest BCUT2D eigenvalue weighted by Crippen LogP contribution is 2.05. The molecule has 0 nitrogen and oxygen atoms in total.